The lowest BCUT2D eigenvalue weighted by Crippen LogP contribution is -2.49. The first kappa shape index (κ1) is 35.7. The first-order chi connectivity index (χ1) is 19.4. The van der Waals surface area contributed by atoms with E-state index in [-0.39, 0.29) is 30.5 Å². The Kier molecular flexibility index (Phi) is 16.4. The van der Waals surface area contributed by atoms with Crippen molar-refractivity contribution >= 4 is 18.2 Å². The van der Waals surface area contributed by atoms with Crippen molar-refractivity contribution < 1.29 is 28.3 Å². The number of aliphatic hydroxyl groups is 1. The van der Waals surface area contributed by atoms with Gasteiger partial charge in [0, 0.05) is 49.4 Å². The maximum Gasteiger partial charge on any atom is 0.253 e. The van der Waals surface area contributed by atoms with Crippen LogP contribution in [0.3, 0.4) is 0 Å². The van der Waals surface area contributed by atoms with Crippen molar-refractivity contribution in [2.75, 3.05) is 26.2 Å². The Hall–Kier alpha value is -3.37. The van der Waals surface area contributed by atoms with Crippen LogP contribution in [0.4, 0.5) is 8.78 Å². The van der Waals surface area contributed by atoms with Crippen molar-refractivity contribution in [1.82, 2.24) is 20.9 Å². The standard InChI is InChI=1S/C28H39F2N3O3.C3H7NO/c1-6-8-33(9-7-2)28(36)22-11-19(5)10-21(15-22)27(35)32-25(26(34)17-31-18(3)4)14-20-12-23(29)16-24(30)13-20;1-2-4-3-5/h10-13,15-16,18,25-26,31,34H,6-9,14,17H2,1-5H3,(H,32,35);3H,2H2,1H3,(H,4,5)/t25-,26+;/m0./s1. The molecule has 3 amide bonds. The highest BCUT2D eigenvalue weighted by Crippen LogP contribution is 2.16. The molecule has 2 atom stereocenters. The first-order valence-corrected chi connectivity index (χ1v) is 14.2. The Morgan fingerprint density at radius 3 is 2.02 bits per heavy atom. The van der Waals surface area contributed by atoms with Crippen molar-refractivity contribution in [1.29, 1.82) is 0 Å². The summed E-state index contributed by atoms with van der Waals surface area (Å²) in [4.78, 5) is 37.4. The molecule has 0 fully saturated rings. The lowest BCUT2D eigenvalue weighted by Gasteiger charge is -2.26. The SMILES string of the molecule is CCCN(CCC)C(=O)c1cc(C)cc(C(=O)N[C@@H](Cc2cc(F)cc(F)c2)[C@H](O)CNC(C)C)c1.CCNC=O. The summed E-state index contributed by atoms with van der Waals surface area (Å²) in [7, 11) is 0. The molecule has 41 heavy (non-hydrogen) atoms. The lowest BCUT2D eigenvalue weighted by atomic mass is 9.99. The van der Waals surface area contributed by atoms with Gasteiger partial charge in [0.2, 0.25) is 6.41 Å². The number of benzene rings is 2. The number of aryl methyl sites for hydroxylation is 1. The summed E-state index contributed by atoms with van der Waals surface area (Å²) >= 11 is 0. The van der Waals surface area contributed by atoms with Gasteiger partial charge in [-0.05, 0) is 74.6 Å². The molecule has 8 nitrogen and oxygen atoms in total. The van der Waals surface area contributed by atoms with Gasteiger partial charge in [0.1, 0.15) is 11.6 Å². The smallest absolute Gasteiger partial charge is 0.253 e. The van der Waals surface area contributed by atoms with E-state index in [1.54, 1.807) is 23.1 Å². The van der Waals surface area contributed by atoms with Crippen molar-refractivity contribution in [3.05, 3.63) is 70.3 Å². The Bertz CT molecular complexity index is 1090. The molecule has 2 aromatic rings. The second-order valence-electron chi connectivity index (χ2n) is 10.2. The van der Waals surface area contributed by atoms with E-state index in [4.69, 9.17) is 0 Å². The quantitative estimate of drug-likeness (QED) is 0.240. The highest BCUT2D eigenvalue weighted by atomic mass is 19.1. The third kappa shape index (κ3) is 13.2. The molecule has 0 unspecified atom stereocenters. The minimum atomic E-state index is -1.02. The van der Waals surface area contributed by atoms with Gasteiger partial charge in [-0.25, -0.2) is 8.78 Å². The average molecular weight is 577 g/mol. The number of rotatable bonds is 15. The van der Waals surface area contributed by atoms with E-state index in [1.165, 1.54) is 12.1 Å². The van der Waals surface area contributed by atoms with Crippen LogP contribution < -0.4 is 16.0 Å². The van der Waals surface area contributed by atoms with Crippen LogP contribution in [0.2, 0.25) is 0 Å². The highest BCUT2D eigenvalue weighted by molar-refractivity contribution is 6.00. The van der Waals surface area contributed by atoms with Crippen LogP contribution in [0.15, 0.2) is 36.4 Å². The van der Waals surface area contributed by atoms with Crippen molar-refractivity contribution in [2.24, 2.45) is 0 Å². The molecule has 0 heterocycles. The zero-order valence-electron chi connectivity index (χ0n) is 25.1. The van der Waals surface area contributed by atoms with Gasteiger partial charge in [0.25, 0.3) is 11.8 Å². The van der Waals surface area contributed by atoms with Crippen LogP contribution in [-0.2, 0) is 11.2 Å². The molecule has 0 radical (unpaired) electrons. The summed E-state index contributed by atoms with van der Waals surface area (Å²) in [5, 5.41) is 19.2. The number of carbonyl (C=O) groups excluding carboxylic acids is 3. The van der Waals surface area contributed by atoms with E-state index in [2.05, 4.69) is 16.0 Å². The van der Waals surface area contributed by atoms with Crippen LogP contribution >= 0.6 is 0 Å². The van der Waals surface area contributed by atoms with Gasteiger partial charge in [0.05, 0.1) is 12.1 Å². The fourth-order valence-electron chi connectivity index (χ4n) is 4.17. The summed E-state index contributed by atoms with van der Waals surface area (Å²) in [5.74, 6) is -2.06. The molecule has 0 aliphatic rings. The molecular formula is C31H46F2N4O4. The number of halogens is 2. The lowest BCUT2D eigenvalue weighted by molar-refractivity contribution is -0.109. The Balaban J connectivity index is 0.00000154. The minimum Gasteiger partial charge on any atom is -0.390 e. The van der Waals surface area contributed by atoms with Gasteiger partial charge >= 0.3 is 0 Å². The third-order valence-corrected chi connectivity index (χ3v) is 6.04. The number of amides is 3. The molecular weight excluding hydrogens is 530 g/mol. The molecule has 4 N–H and O–H groups in total. The van der Waals surface area contributed by atoms with Crippen molar-refractivity contribution in [2.45, 2.75) is 79.0 Å². The summed E-state index contributed by atoms with van der Waals surface area (Å²) in [6, 6.07) is 7.41. The van der Waals surface area contributed by atoms with Crippen LogP contribution in [0.25, 0.3) is 0 Å². The molecule has 0 bridgehead atoms. The number of aliphatic hydroxyl groups excluding tert-OH is 1. The molecule has 0 saturated heterocycles. The predicted octanol–water partition coefficient (Wildman–Crippen LogP) is 3.99. The third-order valence-electron chi connectivity index (χ3n) is 6.04. The fraction of sp³-hybridized carbons (Fsp3) is 0.516. The topological polar surface area (TPSA) is 111 Å². The molecule has 10 heteroatoms. The van der Waals surface area contributed by atoms with E-state index < -0.39 is 29.7 Å². The van der Waals surface area contributed by atoms with Crippen molar-refractivity contribution in [3.8, 4) is 0 Å². The number of carbonyl (C=O) groups is 3. The normalized spacial score (nSPS) is 12.1. The maximum atomic E-state index is 13.8. The molecule has 0 aliphatic carbocycles. The molecule has 0 saturated carbocycles. The predicted molar refractivity (Wildman–Crippen MR) is 158 cm³/mol. The van der Waals surface area contributed by atoms with Gasteiger partial charge in [-0.15, -0.1) is 0 Å². The molecule has 0 aromatic heterocycles. The number of nitrogens with one attached hydrogen (secondary N) is 3. The fourth-order valence-corrected chi connectivity index (χ4v) is 4.17. The van der Waals surface area contributed by atoms with Crippen molar-refractivity contribution in [3.63, 3.8) is 0 Å². The summed E-state index contributed by atoms with van der Waals surface area (Å²) in [6.45, 7) is 13.7. The van der Waals surface area contributed by atoms with Crippen LogP contribution in [-0.4, -0.2) is 72.6 Å². The van der Waals surface area contributed by atoms with E-state index in [0.717, 1.165) is 31.0 Å². The van der Waals surface area contributed by atoms with E-state index in [9.17, 15) is 28.3 Å². The maximum absolute atomic E-state index is 13.8. The van der Waals surface area contributed by atoms with E-state index >= 15 is 0 Å². The largest absolute Gasteiger partial charge is 0.390 e. The zero-order valence-corrected chi connectivity index (χ0v) is 25.1. The zero-order chi connectivity index (χ0) is 30.9. The van der Waals surface area contributed by atoms with Gasteiger partial charge in [-0.2, -0.15) is 0 Å². The van der Waals surface area contributed by atoms with Crippen LogP contribution in [0.1, 0.15) is 79.3 Å². The minimum absolute atomic E-state index is 0.0275. The molecule has 228 valence electrons. The van der Waals surface area contributed by atoms with Gasteiger partial charge < -0.3 is 26.0 Å². The number of hydrogen-bond donors (Lipinski definition) is 4. The molecule has 0 spiro atoms. The first-order valence-electron chi connectivity index (χ1n) is 14.2. The van der Waals surface area contributed by atoms with E-state index in [1.807, 2.05) is 41.5 Å². The average Bonchev–Trinajstić information content (AvgIpc) is 2.90. The van der Waals surface area contributed by atoms with Gasteiger partial charge in [-0.1, -0.05) is 27.7 Å². The number of hydrogen-bond acceptors (Lipinski definition) is 5. The van der Waals surface area contributed by atoms with Crippen LogP contribution in [0.5, 0.6) is 0 Å². The number of nitrogens with zero attached hydrogens (tertiary/aromatic N) is 1. The molecule has 2 rings (SSSR count). The second-order valence-corrected chi connectivity index (χ2v) is 10.2. The van der Waals surface area contributed by atoms with E-state index in [0.29, 0.717) is 30.6 Å². The monoisotopic (exact) mass is 576 g/mol. The second kappa shape index (κ2) is 18.9. The summed E-state index contributed by atoms with van der Waals surface area (Å²) in [6.07, 6.45) is 1.35. The Morgan fingerprint density at radius 1 is 0.951 bits per heavy atom. The summed E-state index contributed by atoms with van der Waals surface area (Å²) in [5.41, 5.74) is 1.78. The van der Waals surface area contributed by atoms with Crippen LogP contribution in [0, 0.1) is 18.6 Å². The molecule has 2 aromatic carbocycles. The summed E-state index contributed by atoms with van der Waals surface area (Å²) < 4.78 is 27.5. The molecule has 0 aliphatic heterocycles. The Morgan fingerprint density at radius 2 is 1.54 bits per heavy atom. The van der Waals surface area contributed by atoms with Gasteiger partial charge in [-0.3, -0.25) is 14.4 Å². The van der Waals surface area contributed by atoms with Gasteiger partial charge in [0.15, 0.2) is 0 Å². The Labute approximate surface area is 242 Å². The highest BCUT2D eigenvalue weighted by Gasteiger charge is 2.24.